The summed E-state index contributed by atoms with van der Waals surface area (Å²) in [4.78, 5) is 35.0. The molecular formula is C18H23ClN2O5. The number of hydrogen-bond donors (Lipinski definition) is 2. The number of urea groups is 1. The first kappa shape index (κ1) is 20.0. The van der Waals surface area contributed by atoms with Gasteiger partial charge in [-0.2, -0.15) is 0 Å². The summed E-state index contributed by atoms with van der Waals surface area (Å²) in [6.45, 7) is 0.929. The maximum atomic E-state index is 11.7. The SMILES string of the molecule is Cc1cc(OCC(=O)OCC(=O)NC(=O)NC2CCCCC2)ccc1Cl. The number of halogens is 1. The second-order valence-corrected chi connectivity index (χ2v) is 6.62. The number of carbonyl (C=O) groups excluding carboxylic acids is 3. The molecule has 0 bridgehead atoms. The predicted molar refractivity (Wildman–Crippen MR) is 96.2 cm³/mol. The average Bonchev–Trinajstić information content (AvgIpc) is 2.61. The lowest BCUT2D eigenvalue weighted by Gasteiger charge is -2.22. The number of nitrogens with one attached hydrogen (secondary N) is 2. The molecule has 1 aromatic carbocycles. The van der Waals surface area contributed by atoms with Crippen LogP contribution in [0.1, 0.15) is 37.7 Å². The first-order chi connectivity index (χ1) is 12.4. The Labute approximate surface area is 157 Å². The fourth-order valence-electron chi connectivity index (χ4n) is 2.67. The zero-order valence-electron chi connectivity index (χ0n) is 14.7. The van der Waals surface area contributed by atoms with Gasteiger partial charge in [0.05, 0.1) is 0 Å². The van der Waals surface area contributed by atoms with E-state index in [4.69, 9.17) is 21.1 Å². The van der Waals surface area contributed by atoms with E-state index in [1.54, 1.807) is 18.2 Å². The summed E-state index contributed by atoms with van der Waals surface area (Å²) < 4.78 is 10.1. The molecule has 0 saturated heterocycles. The number of carbonyl (C=O) groups is 3. The molecule has 1 aliphatic rings. The molecule has 1 fully saturated rings. The van der Waals surface area contributed by atoms with Crippen LogP contribution < -0.4 is 15.4 Å². The van der Waals surface area contributed by atoms with Gasteiger partial charge in [-0.3, -0.25) is 10.1 Å². The van der Waals surface area contributed by atoms with E-state index in [0.29, 0.717) is 10.8 Å². The van der Waals surface area contributed by atoms with Crippen LogP contribution in [0.4, 0.5) is 4.79 Å². The maximum Gasteiger partial charge on any atom is 0.344 e. The van der Waals surface area contributed by atoms with Crippen LogP contribution in [0.15, 0.2) is 18.2 Å². The average molecular weight is 383 g/mol. The van der Waals surface area contributed by atoms with Gasteiger partial charge in [-0.15, -0.1) is 0 Å². The molecule has 0 unspecified atom stereocenters. The minimum Gasteiger partial charge on any atom is -0.482 e. The van der Waals surface area contributed by atoms with E-state index in [2.05, 4.69) is 10.6 Å². The van der Waals surface area contributed by atoms with Crippen molar-refractivity contribution in [3.63, 3.8) is 0 Å². The van der Waals surface area contributed by atoms with Gasteiger partial charge in [0.15, 0.2) is 13.2 Å². The first-order valence-electron chi connectivity index (χ1n) is 8.59. The molecule has 3 amide bonds. The Balaban J connectivity index is 1.63. The van der Waals surface area contributed by atoms with E-state index < -0.39 is 24.5 Å². The van der Waals surface area contributed by atoms with Gasteiger partial charge in [0.1, 0.15) is 5.75 Å². The fourth-order valence-corrected chi connectivity index (χ4v) is 2.79. The number of imide groups is 1. The largest absolute Gasteiger partial charge is 0.482 e. The fraction of sp³-hybridized carbons (Fsp3) is 0.500. The quantitative estimate of drug-likeness (QED) is 0.738. The molecule has 142 valence electrons. The number of amides is 3. The molecular weight excluding hydrogens is 360 g/mol. The van der Waals surface area contributed by atoms with Crippen molar-refractivity contribution in [1.29, 1.82) is 0 Å². The molecule has 0 aliphatic heterocycles. The molecule has 26 heavy (non-hydrogen) atoms. The number of ether oxygens (including phenoxy) is 2. The summed E-state index contributed by atoms with van der Waals surface area (Å²) >= 11 is 5.91. The summed E-state index contributed by atoms with van der Waals surface area (Å²) in [5.41, 5.74) is 0.820. The van der Waals surface area contributed by atoms with Crippen molar-refractivity contribution in [1.82, 2.24) is 10.6 Å². The maximum absolute atomic E-state index is 11.7. The van der Waals surface area contributed by atoms with Crippen molar-refractivity contribution >= 4 is 29.5 Å². The molecule has 0 spiro atoms. The van der Waals surface area contributed by atoms with Crippen molar-refractivity contribution in [2.75, 3.05) is 13.2 Å². The number of esters is 1. The second-order valence-electron chi connectivity index (χ2n) is 6.22. The minimum atomic E-state index is -0.708. The van der Waals surface area contributed by atoms with Crippen LogP contribution in [-0.2, 0) is 14.3 Å². The van der Waals surface area contributed by atoms with Crippen LogP contribution in [0.3, 0.4) is 0 Å². The van der Waals surface area contributed by atoms with Gasteiger partial charge in [-0.25, -0.2) is 9.59 Å². The van der Waals surface area contributed by atoms with Crippen LogP contribution in [0, 0.1) is 6.92 Å². The van der Waals surface area contributed by atoms with Crippen LogP contribution in [-0.4, -0.2) is 37.2 Å². The van der Waals surface area contributed by atoms with E-state index in [0.717, 1.165) is 31.2 Å². The normalized spacial score (nSPS) is 14.4. The van der Waals surface area contributed by atoms with Crippen LogP contribution in [0.5, 0.6) is 5.75 Å². The lowest BCUT2D eigenvalue weighted by Crippen LogP contribution is -2.46. The van der Waals surface area contributed by atoms with Crippen molar-refractivity contribution in [3.8, 4) is 5.75 Å². The lowest BCUT2D eigenvalue weighted by molar-refractivity contribution is -0.150. The van der Waals surface area contributed by atoms with E-state index in [1.165, 1.54) is 6.42 Å². The summed E-state index contributed by atoms with van der Waals surface area (Å²) in [6, 6.07) is 4.51. The Hall–Kier alpha value is -2.28. The summed E-state index contributed by atoms with van der Waals surface area (Å²) in [5, 5.41) is 5.50. The predicted octanol–water partition coefficient (Wildman–Crippen LogP) is 2.73. The zero-order valence-corrected chi connectivity index (χ0v) is 15.4. The molecule has 0 aromatic heterocycles. The Bertz CT molecular complexity index is 659. The number of aryl methyl sites for hydroxylation is 1. The Morgan fingerprint density at radius 2 is 1.88 bits per heavy atom. The van der Waals surface area contributed by atoms with Crippen LogP contribution in [0.25, 0.3) is 0 Å². The molecule has 8 heteroatoms. The van der Waals surface area contributed by atoms with Gasteiger partial charge < -0.3 is 14.8 Å². The number of rotatable bonds is 6. The van der Waals surface area contributed by atoms with Gasteiger partial charge in [0, 0.05) is 11.1 Å². The van der Waals surface area contributed by atoms with Crippen molar-refractivity contribution < 1.29 is 23.9 Å². The molecule has 1 aromatic rings. The van der Waals surface area contributed by atoms with E-state index >= 15 is 0 Å². The summed E-state index contributed by atoms with van der Waals surface area (Å²) in [6.07, 6.45) is 5.15. The Kier molecular flexibility index (Phi) is 7.72. The standard InChI is InChI=1S/C18H23ClN2O5/c1-12-9-14(7-8-15(12)19)25-11-17(23)26-10-16(22)21-18(24)20-13-5-3-2-4-6-13/h7-9,13H,2-6,10-11H2,1H3,(H2,20,21,22,24). The minimum absolute atomic E-state index is 0.0929. The zero-order chi connectivity index (χ0) is 18.9. The van der Waals surface area contributed by atoms with E-state index in [9.17, 15) is 14.4 Å². The Morgan fingerprint density at radius 3 is 2.58 bits per heavy atom. The highest BCUT2D eigenvalue weighted by atomic mass is 35.5. The second kappa shape index (κ2) is 10.0. The van der Waals surface area contributed by atoms with Crippen molar-refractivity contribution in [2.24, 2.45) is 0 Å². The van der Waals surface area contributed by atoms with E-state index in [-0.39, 0.29) is 12.6 Å². The molecule has 1 aliphatic carbocycles. The highest BCUT2D eigenvalue weighted by Crippen LogP contribution is 2.21. The van der Waals surface area contributed by atoms with Crippen LogP contribution >= 0.6 is 11.6 Å². The summed E-state index contributed by atoms with van der Waals surface area (Å²) in [7, 11) is 0. The number of benzene rings is 1. The smallest absolute Gasteiger partial charge is 0.344 e. The molecule has 0 atom stereocenters. The Morgan fingerprint density at radius 1 is 1.15 bits per heavy atom. The lowest BCUT2D eigenvalue weighted by atomic mass is 9.96. The van der Waals surface area contributed by atoms with Gasteiger partial charge in [0.25, 0.3) is 5.91 Å². The highest BCUT2D eigenvalue weighted by Gasteiger charge is 2.17. The monoisotopic (exact) mass is 382 g/mol. The third-order valence-corrected chi connectivity index (χ3v) is 4.47. The third-order valence-electron chi connectivity index (χ3n) is 4.04. The summed E-state index contributed by atoms with van der Waals surface area (Å²) in [5.74, 6) is -0.922. The van der Waals surface area contributed by atoms with Crippen molar-refractivity contribution in [3.05, 3.63) is 28.8 Å². The topological polar surface area (TPSA) is 93.7 Å². The van der Waals surface area contributed by atoms with Gasteiger partial charge in [0.2, 0.25) is 0 Å². The molecule has 7 nitrogen and oxygen atoms in total. The van der Waals surface area contributed by atoms with Crippen molar-refractivity contribution in [2.45, 2.75) is 45.1 Å². The van der Waals surface area contributed by atoms with Crippen LogP contribution in [0.2, 0.25) is 5.02 Å². The molecule has 2 N–H and O–H groups in total. The van der Waals surface area contributed by atoms with Gasteiger partial charge in [-0.05, 0) is 43.5 Å². The van der Waals surface area contributed by atoms with Gasteiger partial charge in [-0.1, -0.05) is 30.9 Å². The molecule has 0 heterocycles. The number of hydrogen-bond acceptors (Lipinski definition) is 5. The third kappa shape index (κ3) is 6.92. The molecule has 1 saturated carbocycles. The van der Waals surface area contributed by atoms with Gasteiger partial charge >= 0.3 is 12.0 Å². The first-order valence-corrected chi connectivity index (χ1v) is 8.97. The molecule has 0 radical (unpaired) electrons. The molecule has 2 rings (SSSR count). The highest BCUT2D eigenvalue weighted by molar-refractivity contribution is 6.31. The van der Waals surface area contributed by atoms with E-state index in [1.807, 2.05) is 6.92 Å².